The van der Waals surface area contributed by atoms with Crippen LogP contribution in [0.25, 0.3) is 6.08 Å². The summed E-state index contributed by atoms with van der Waals surface area (Å²) in [6, 6.07) is 12.6. The normalized spacial score (nSPS) is 15.3. The number of anilines is 1. The highest BCUT2D eigenvalue weighted by molar-refractivity contribution is 14.1. The molecule has 28 heavy (non-hydrogen) atoms. The van der Waals surface area contributed by atoms with Crippen LogP contribution in [0.2, 0.25) is 0 Å². The van der Waals surface area contributed by atoms with E-state index < -0.39 is 11.8 Å². The van der Waals surface area contributed by atoms with Crippen LogP contribution in [0.3, 0.4) is 0 Å². The second-order valence-electron chi connectivity index (χ2n) is 6.40. The molecular weight excluding hydrogens is 471 g/mol. The molecule has 0 bridgehead atoms. The number of hydrazine groups is 1. The van der Waals surface area contributed by atoms with E-state index in [-0.39, 0.29) is 11.7 Å². The van der Waals surface area contributed by atoms with Gasteiger partial charge < -0.3 is 9.47 Å². The van der Waals surface area contributed by atoms with Gasteiger partial charge in [-0.3, -0.25) is 15.0 Å². The predicted molar refractivity (Wildman–Crippen MR) is 116 cm³/mol. The van der Waals surface area contributed by atoms with E-state index in [4.69, 9.17) is 9.47 Å². The number of halogens is 1. The summed E-state index contributed by atoms with van der Waals surface area (Å²) < 4.78 is 12.4. The molecule has 1 N–H and O–H groups in total. The molecule has 0 atom stereocenters. The van der Waals surface area contributed by atoms with E-state index in [1.54, 1.807) is 36.4 Å². The first-order chi connectivity index (χ1) is 13.4. The van der Waals surface area contributed by atoms with Gasteiger partial charge in [-0.2, -0.15) is 0 Å². The molecule has 2 amide bonds. The van der Waals surface area contributed by atoms with Crippen LogP contribution in [-0.4, -0.2) is 24.5 Å². The zero-order chi connectivity index (χ0) is 20.3. The van der Waals surface area contributed by atoms with Crippen molar-refractivity contribution in [3.63, 3.8) is 0 Å². The lowest BCUT2D eigenvalue weighted by atomic mass is 10.1. The van der Waals surface area contributed by atoms with Crippen molar-refractivity contribution in [3.05, 3.63) is 57.2 Å². The van der Waals surface area contributed by atoms with E-state index in [1.807, 2.05) is 32.9 Å². The smallest absolute Gasteiger partial charge is 0.282 e. The van der Waals surface area contributed by atoms with Gasteiger partial charge in [-0.15, -0.1) is 0 Å². The zero-order valence-electron chi connectivity index (χ0n) is 15.9. The van der Waals surface area contributed by atoms with Gasteiger partial charge in [0.1, 0.15) is 5.57 Å². The minimum Gasteiger partial charge on any atom is -0.490 e. The Kier molecular flexibility index (Phi) is 6.23. The van der Waals surface area contributed by atoms with Crippen LogP contribution in [0.4, 0.5) is 5.69 Å². The number of carbonyl (C=O) groups excluding carboxylic acids is 2. The predicted octanol–water partition coefficient (Wildman–Crippen LogP) is 3.94. The number of para-hydroxylation sites is 1. The third-order valence-electron chi connectivity index (χ3n) is 3.90. The van der Waals surface area contributed by atoms with E-state index in [2.05, 4.69) is 28.0 Å². The van der Waals surface area contributed by atoms with Crippen molar-refractivity contribution in [3.8, 4) is 11.5 Å². The highest BCUT2D eigenvalue weighted by Crippen LogP contribution is 2.36. The lowest BCUT2D eigenvalue weighted by Crippen LogP contribution is -2.35. The first-order valence-corrected chi connectivity index (χ1v) is 10.0. The van der Waals surface area contributed by atoms with Gasteiger partial charge in [-0.25, -0.2) is 5.01 Å². The average molecular weight is 492 g/mol. The second kappa shape index (κ2) is 8.64. The number of rotatable bonds is 6. The van der Waals surface area contributed by atoms with Crippen molar-refractivity contribution >= 4 is 46.2 Å². The van der Waals surface area contributed by atoms with Crippen LogP contribution in [0.1, 0.15) is 26.3 Å². The van der Waals surface area contributed by atoms with E-state index in [1.165, 1.54) is 5.01 Å². The van der Waals surface area contributed by atoms with Crippen molar-refractivity contribution in [1.82, 2.24) is 5.43 Å². The van der Waals surface area contributed by atoms with E-state index in [9.17, 15) is 9.59 Å². The highest BCUT2D eigenvalue weighted by atomic mass is 127. The molecule has 1 aliphatic heterocycles. The molecular formula is C21H21IN2O4. The molecule has 2 aromatic rings. The molecule has 1 heterocycles. The summed E-state index contributed by atoms with van der Waals surface area (Å²) in [5, 5.41) is 1.25. The summed E-state index contributed by atoms with van der Waals surface area (Å²) in [6.45, 7) is 6.26. The van der Waals surface area contributed by atoms with Gasteiger partial charge in [0.2, 0.25) is 0 Å². The topological polar surface area (TPSA) is 67.9 Å². The highest BCUT2D eigenvalue weighted by Gasteiger charge is 2.34. The summed E-state index contributed by atoms with van der Waals surface area (Å²) in [7, 11) is 0. The molecule has 3 rings (SSSR count). The van der Waals surface area contributed by atoms with Crippen molar-refractivity contribution < 1.29 is 19.1 Å². The molecule has 146 valence electrons. The van der Waals surface area contributed by atoms with Gasteiger partial charge >= 0.3 is 0 Å². The zero-order valence-corrected chi connectivity index (χ0v) is 18.0. The molecule has 2 aromatic carbocycles. The summed E-state index contributed by atoms with van der Waals surface area (Å²) in [6.07, 6.45) is 1.57. The maximum atomic E-state index is 12.7. The van der Waals surface area contributed by atoms with Crippen molar-refractivity contribution in [2.24, 2.45) is 0 Å². The van der Waals surface area contributed by atoms with Crippen LogP contribution >= 0.6 is 22.6 Å². The fourth-order valence-corrected chi connectivity index (χ4v) is 3.52. The Bertz CT molecular complexity index is 926. The molecule has 0 saturated carbocycles. The standard InChI is InChI=1S/C21H21IN2O4/c1-4-27-18-12-14(11-17(22)19(18)28-13(2)3)10-16-20(25)23-24(21(16)26)15-8-6-5-7-9-15/h5-13H,4H2,1-3H3,(H,23,25)/b16-10-. The number of hydrogen-bond donors (Lipinski definition) is 1. The molecule has 0 spiro atoms. The number of amides is 2. The summed E-state index contributed by atoms with van der Waals surface area (Å²) in [5.41, 5.74) is 3.97. The number of nitrogens with zero attached hydrogens (tertiary/aromatic N) is 1. The summed E-state index contributed by atoms with van der Waals surface area (Å²) in [4.78, 5) is 25.1. The monoisotopic (exact) mass is 492 g/mol. The van der Waals surface area contributed by atoms with E-state index >= 15 is 0 Å². The van der Waals surface area contributed by atoms with Gasteiger partial charge in [0.25, 0.3) is 11.8 Å². The Morgan fingerprint density at radius 2 is 1.89 bits per heavy atom. The summed E-state index contributed by atoms with van der Waals surface area (Å²) in [5.74, 6) is 0.407. The molecule has 0 aromatic heterocycles. The molecule has 1 fully saturated rings. The van der Waals surface area contributed by atoms with Crippen LogP contribution in [-0.2, 0) is 9.59 Å². The van der Waals surface area contributed by atoms with Crippen LogP contribution in [0.15, 0.2) is 48.0 Å². The van der Waals surface area contributed by atoms with Gasteiger partial charge in [-0.1, -0.05) is 18.2 Å². The largest absolute Gasteiger partial charge is 0.490 e. The maximum absolute atomic E-state index is 12.7. The fraction of sp³-hybridized carbons (Fsp3) is 0.238. The Balaban J connectivity index is 1.96. The summed E-state index contributed by atoms with van der Waals surface area (Å²) >= 11 is 2.17. The van der Waals surface area contributed by atoms with Crippen molar-refractivity contribution in [2.45, 2.75) is 26.9 Å². The molecule has 0 unspecified atom stereocenters. The number of hydrogen-bond acceptors (Lipinski definition) is 4. The number of carbonyl (C=O) groups is 2. The Morgan fingerprint density at radius 3 is 2.54 bits per heavy atom. The van der Waals surface area contributed by atoms with Crippen molar-refractivity contribution in [2.75, 3.05) is 11.6 Å². The van der Waals surface area contributed by atoms with Crippen molar-refractivity contribution in [1.29, 1.82) is 0 Å². The van der Waals surface area contributed by atoms with Gasteiger partial charge in [-0.05, 0) is 79.3 Å². The molecule has 6 nitrogen and oxygen atoms in total. The van der Waals surface area contributed by atoms with Crippen LogP contribution in [0.5, 0.6) is 11.5 Å². The number of nitrogens with one attached hydrogen (secondary N) is 1. The number of benzene rings is 2. The molecule has 1 saturated heterocycles. The fourth-order valence-electron chi connectivity index (χ4n) is 2.77. The Labute approximate surface area is 177 Å². The third-order valence-corrected chi connectivity index (χ3v) is 4.70. The van der Waals surface area contributed by atoms with Crippen LogP contribution < -0.4 is 19.9 Å². The first-order valence-electron chi connectivity index (χ1n) is 8.96. The minimum absolute atomic E-state index is 0.00135. The molecule has 7 heteroatoms. The van der Waals surface area contributed by atoms with E-state index in [0.717, 1.165) is 3.57 Å². The number of ether oxygens (including phenoxy) is 2. The minimum atomic E-state index is -0.440. The Morgan fingerprint density at radius 1 is 1.18 bits per heavy atom. The second-order valence-corrected chi connectivity index (χ2v) is 7.57. The third kappa shape index (κ3) is 4.30. The average Bonchev–Trinajstić information content (AvgIpc) is 2.93. The Hall–Kier alpha value is -2.55. The van der Waals surface area contributed by atoms with Crippen LogP contribution in [0, 0.1) is 3.57 Å². The SMILES string of the molecule is CCOc1cc(/C=C2/C(=O)NN(c3ccccc3)C2=O)cc(I)c1OC(C)C. The first kappa shape index (κ1) is 20.2. The van der Waals surface area contributed by atoms with Gasteiger partial charge in [0.05, 0.1) is 22.0 Å². The molecule has 0 aliphatic carbocycles. The van der Waals surface area contributed by atoms with Gasteiger partial charge in [0, 0.05) is 0 Å². The lowest BCUT2D eigenvalue weighted by molar-refractivity contribution is -0.117. The van der Waals surface area contributed by atoms with E-state index in [0.29, 0.717) is 29.4 Å². The van der Waals surface area contributed by atoms with Gasteiger partial charge in [0.15, 0.2) is 11.5 Å². The quantitative estimate of drug-likeness (QED) is 0.377. The maximum Gasteiger partial charge on any atom is 0.282 e. The lowest BCUT2D eigenvalue weighted by Gasteiger charge is -2.17. The molecule has 1 aliphatic rings. The molecule has 0 radical (unpaired) electrons.